The van der Waals surface area contributed by atoms with Gasteiger partial charge in [0, 0.05) is 0 Å². The molecular formula is C9H11N2O. The highest BCUT2D eigenvalue weighted by atomic mass is 16.7. The molecule has 1 aliphatic heterocycles. The Bertz CT molecular complexity index is 250. The van der Waals surface area contributed by atoms with Gasteiger partial charge >= 0.3 is 0 Å². The third-order valence-corrected chi connectivity index (χ3v) is 1.79. The molecular weight excluding hydrogens is 152 g/mol. The van der Waals surface area contributed by atoms with Gasteiger partial charge < -0.3 is 0 Å². The van der Waals surface area contributed by atoms with E-state index in [9.17, 15) is 0 Å². The van der Waals surface area contributed by atoms with Gasteiger partial charge in [-0.1, -0.05) is 12.1 Å². The Balaban J connectivity index is 2.11. The van der Waals surface area contributed by atoms with E-state index in [0.717, 1.165) is 12.4 Å². The third kappa shape index (κ3) is 1.42. The first-order valence-corrected chi connectivity index (χ1v) is 4.00. The summed E-state index contributed by atoms with van der Waals surface area (Å²) in [6.07, 6.45) is 0.102. The van der Waals surface area contributed by atoms with Gasteiger partial charge in [0.1, 0.15) is 6.23 Å². The monoisotopic (exact) mass is 163 g/mol. The Morgan fingerprint density at radius 2 is 2.67 bits per heavy atom. The SMILES string of the molecule is CC1NCN(c2c[c]ccc2)O1. The van der Waals surface area contributed by atoms with Gasteiger partial charge in [0.25, 0.3) is 0 Å². The molecule has 1 aromatic carbocycles. The molecule has 63 valence electrons. The van der Waals surface area contributed by atoms with Crippen LogP contribution >= 0.6 is 0 Å². The zero-order valence-corrected chi connectivity index (χ0v) is 6.95. The van der Waals surface area contributed by atoms with E-state index in [1.807, 2.05) is 36.3 Å². The minimum atomic E-state index is 0.102. The maximum Gasteiger partial charge on any atom is 0.134 e. The molecule has 1 fully saturated rings. The van der Waals surface area contributed by atoms with E-state index in [1.165, 1.54) is 0 Å². The Morgan fingerprint density at radius 1 is 1.75 bits per heavy atom. The molecule has 3 heteroatoms. The van der Waals surface area contributed by atoms with Crippen molar-refractivity contribution in [2.45, 2.75) is 13.2 Å². The van der Waals surface area contributed by atoms with Gasteiger partial charge in [-0.3, -0.25) is 10.2 Å². The summed E-state index contributed by atoms with van der Waals surface area (Å²) in [4.78, 5) is 5.45. The molecule has 1 atom stereocenters. The van der Waals surface area contributed by atoms with Crippen LogP contribution < -0.4 is 10.4 Å². The van der Waals surface area contributed by atoms with Crippen molar-refractivity contribution in [2.75, 3.05) is 11.7 Å². The Morgan fingerprint density at radius 3 is 3.25 bits per heavy atom. The van der Waals surface area contributed by atoms with Crippen LogP contribution in [0.1, 0.15) is 6.92 Å². The summed E-state index contributed by atoms with van der Waals surface area (Å²) in [6, 6.07) is 10.7. The second-order valence-electron chi connectivity index (χ2n) is 2.75. The molecule has 0 bridgehead atoms. The van der Waals surface area contributed by atoms with E-state index in [1.54, 1.807) is 0 Å². The first-order valence-electron chi connectivity index (χ1n) is 4.00. The van der Waals surface area contributed by atoms with Gasteiger partial charge in [-0.05, 0) is 25.1 Å². The normalized spacial score (nSPS) is 23.1. The number of nitrogens with one attached hydrogen (secondary N) is 1. The molecule has 0 aliphatic carbocycles. The summed E-state index contributed by atoms with van der Waals surface area (Å²) in [5.74, 6) is 0. The van der Waals surface area contributed by atoms with Crippen LogP contribution in [0.15, 0.2) is 24.3 Å². The number of hydrogen-bond donors (Lipinski definition) is 1. The summed E-state index contributed by atoms with van der Waals surface area (Å²) < 4.78 is 0. The predicted octanol–water partition coefficient (Wildman–Crippen LogP) is 1.13. The zero-order valence-electron chi connectivity index (χ0n) is 6.95. The second-order valence-corrected chi connectivity index (χ2v) is 2.75. The van der Waals surface area contributed by atoms with Crippen LogP contribution in [0.4, 0.5) is 5.69 Å². The van der Waals surface area contributed by atoms with Crippen molar-refractivity contribution in [3.05, 3.63) is 30.3 Å². The largest absolute Gasteiger partial charge is 0.271 e. The highest BCUT2D eigenvalue weighted by Crippen LogP contribution is 2.16. The quantitative estimate of drug-likeness (QED) is 0.671. The number of nitrogens with zero attached hydrogens (tertiary/aromatic N) is 1. The Kier molecular flexibility index (Phi) is 1.98. The van der Waals surface area contributed by atoms with Gasteiger partial charge in [-0.2, -0.15) is 0 Å². The van der Waals surface area contributed by atoms with Crippen molar-refractivity contribution >= 4 is 5.69 Å². The van der Waals surface area contributed by atoms with E-state index < -0.39 is 0 Å². The standard InChI is InChI=1S/C9H11N2O/c1-8-10-7-11(12-8)9-5-3-2-4-6-9/h2-3,5-6,8,10H,7H2,1H3. The minimum absolute atomic E-state index is 0.102. The van der Waals surface area contributed by atoms with Crippen molar-refractivity contribution in [1.29, 1.82) is 0 Å². The van der Waals surface area contributed by atoms with E-state index in [4.69, 9.17) is 4.84 Å². The van der Waals surface area contributed by atoms with Crippen LogP contribution in [0.2, 0.25) is 0 Å². The maximum atomic E-state index is 5.45. The summed E-state index contributed by atoms with van der Waals surface area (Å²) in [5, 5.41) is 4.98. The van der Waals surface area contributed by atoms with Gasteiger partial charge in [-0.25, -0.2) is 5.06 Å². The topological polar surface area (TPSA) is 24.5 Å². The lowest BCUT2D eigenvalue weighted by Gasteiger charge is -2.14. The second kappa shape index (κ2) is 3.13. The van der Waals surface area contributed by atoms with Crippen LogP contribution in [0, 0.1) is 6.07 Å². The van der Waals surface area contributed by atoms with Gasteiger partial charge in [0.15, 0.2) is 0 Å². The molecule has 3 nitrogen and oxygen atoms in total. The fourth-order valence-electron chi connectivity index (χ4n) is 1.17. The molecule has 0 saturated carbocycles. The molecule has 1 saturated heterocycles. The molecule has 0 spiro atoms. The Hall–Kier alpha value is -1.06. The van der Waals surface area contributed by atoms with Gasteiger partial charge in [0.2, 0.25) is 0 Å². The lowest BCUT2D eigenvalue weighted by atomic mass is 10.3. The third-order valence-electron chi connectivity index (χ3n) is 1.79. The molecule has 12 heavy (non-hydrogen) atoms. The first kappa shape index (κ1) is 7.58. The van der Waals surface area contributed by atoms with E-state index in [-0.39, 0.29) is 6.23 Å². The first-order chi connectivity index (χ1) is 5.86. The maximum absolute atomic E-state index is 5.45. The molecule has 1 radical (unpaired) electrons. The van der Waals surface area contributed by atoms with Crippen LogP contribution in [0.25, 0.3) is 0 Å². The molecule has 0 aromatic heterocycles. The van der Waals surface area contributed by atoms with Gasteiger partial charge in [-0.15, -0.1) is 0 Å². The van der Waals surface area contributed by atoms with E-state index in [2.05, 4.69) is 11.4 Å². The zero-order chi connectivity index (χ0) is 8.39. The average molecular weight is 163 g/mol. The molecule has 0 amide bonds. The fourth-order valence-corrected chi connectivity index (χ4v) is 1.17. The average Bonchev–Trinajstić information content (AvgIpc) is 2.54. The van der Waals surface area contributed by atoms with E-state index in [0.29, 0.717) is 0 Å². The van der Waals surface area contributed by atoms with Crippen molar-refractivity contribution < 1.29 is 4.84 Å². The smallest absolute Gasteiger partial charge is 0.134 e. The summed E-state index contributed by atoms with van der Waals surface area (Å²) >= 11 is 0. The van der Waals surface area contributed by atoms with Crippen LogP contribution in [-0.4, -0.2) is 12.9 Å². The van der Waals surface area contributed by atoms with Crippen LogP contribution in [-0.2, 0) is 4.84 Å². The lowest BCUT2D eigenvalue weighted by Crippen LogP contribution is -2.20. The van der Waals surface area contributed by atoms with Crippen molar-refractivity contribution in [2.24, 2.45) is 0 Å². The molecule has 1 aromatic rings. The fraction of sp³-hybridized carbons (Fsp3) is 0.333. The molecule has 1 unspecified atom stereocenters. The van der Waals surface area contributed by atoms with Crippen molar-refractivity contribution in [3.63, 3.8) is 0 Å². The minimum Gasteiger partial charge on any atom is -0.271 e. The number of rotatable bonds is 1. The number of anilines is 1. The molecule has 1 aliphatic rings. The van der Waals surface area contributed by atoms with Crippen LogP contribution in [0.3, 0.4) is 0 Å². The van der Waals surface area contributed by atoms with E-state index >= 15 is 0 Å². The summed E-state index contributed by atoms with van der Waals surface area (Å²) in [7, 11) is 0. The Labute approximate surface area is 71.9 Å². The highest BCUT2D eigenvalue weighted by molar-refractivity contribution is 5.43. The molecule has 1 heterocycles. The number of hydroxylamine groups is 1. The lowest BCUT2D eigenvalue weighted by molar-refractivity contribution is 0.0925. The summed E-state index contributed by atoms with van der Waals surface area (Å²) in [5.41, 5.74) is 1.04. The van der Waals surface area contributed by atoms with Crippen molar-refractivity contribution in [3.8, 4) is 0 Å². The van der Waals surface area contributed by atoms with Crippen LogP contribution in [0.5, 0.6) is 0 Å². The number of hydrogen-bond acceptors (Lipinski definition) is 3. The number of benzene rings is 1. The molecule has 2 rings (SSSR count). The molecule has 1 N–H and O–H groups in total. The van der Waals surface area contributed by atoms with Gasteiger partial charge in [0.05, 0.1) is 12.4 Å². The summed E-state index contributed by atoms with van der Waals surface area (Å²) in [6.45, 7) is 2.71. The van der Waals surface area contributed by atoms with Crippen molar-refractivity contribution in [1.82, 2.24) is 5.32 Å². The predicted molar refractivity (Wildman–Crippen MR) is 46.3 cm³/mol. The highest BCUT2D eigenvalue weighted by Gasteiger charge is 2.18.